The van der Waals surface area contributed by atoms with Crippen LogP contribution < -0.4 is 5.32 Å². The van der Waals surface area contributed by atoms with Crippen molar-refractivity contribution >= 4 is 17.8 Å². The van der Waals surface area contributed by atoms with E-state index in [1.165, 1.54) is 13.2 Å². The first-order valence-corrected chi connectivity index (χ1v) is 7.67. The summed E-state index contributed by atoms with van der Waals surface area (Å²) in [5, 5.41) is 2.95. The first-order chi connectivity index (χ1) is 10.4. The Morgan fingerprint density at radius 2 is 1.91 bits per heavy atom. The molecule has 0 bridgehead atoms. The van der Waals surface area contributed by atoms with Crippen molar-refractivity contribution in [2.75, 3.05) is 20.2 Å². The van der Waals surface area contributed by atoms with E-state index in [1.807, 2.05) is 13.8 Å². The summed E-state index contributed by atoms with van der Waals surface area (Å²) in [7, 11) is 1.34. The van der Waals surface area contributed by atoms with Gasteiger partial charge in [-0.25, -0.2) is 0 Å². The fourth-order valence-electron chi connectivity index (χ4n) is 2.51. The monoisotopic (exact) mass is 310 g/mol. The lowest BCUT2D eigenvalue weighted by Gasteiger charge is -2.32. The molecule has 6 nitrogen and oxygen atoms in total. The molecule has 0 aromatic carbocycles. The third kappa shape index (κ3) is 5.16. The van der Waals surface area contributed by atoms with Crippen molar-refractivity contribution in [1.29, 1.82) is 0 Å². The zero-order chi connectivity index (χ0) is 16.7. The fraction of sp³-hybridized carbons (Fsp3) is 0.688. The summed E-state index contributed by atoms with van der Waals surface area (Å²) >= 11 is 0. The lowest BCUT2D eigenvalue weighted by atomic mass is 9.94. The van der Waals surface area contributed by atoms with Crippen molar-refractivity contribution in [3.63, 3.8) is 0 Å². The van der Waals surface area contributed by atoms with E-state index < -0.39 is 0 Å². The van der Waals surface area contributed by atoms with E-state index in [-0.39, 0.29) is 42.1 Å². The van der Waals surface area contributed by atoms with Crippen molar-refractivity contribution in [2.24, 2.45) is 11.8 Å². The second-order valence-corrected chi connectivity index (χ2v) is 5.94. The lowest BCUT2D eigenvalue weighted by Crippen LogP contribution is -2.47. The van der Waals surface area contributed by atoms with Crippen LogP contribution in [0.4, 0.5) is 0 Å². The first kappa shape index (κ1) is 18.2. The number of methoxy groups -OCH3 is 1. The normalized spacial score (nSPS) is 17.0. The largest absolute Gasteiger partial charge is 0.469 e. The van der Waals surface area contributed by atoms with Gasteiger partial charge in [0, 0.05) is 25.0 Å². The van der Waals surface area contributed by atoms with Gasteiger partial charge in [0.25, 0.3) is 0 Å². The number of nitrogens with zero attached hydrogens (tertiary/aromatic N) is 1. The predicted octanol–water partition coefficient (Wildman–Crippen LogP) is 1.11. The number of esters is 1. The standard InChI is InChI=1S/C16H26N2O4/c1-5-14(19)18-8-6-12(7-9-18)16(21)17-13(11(2)3)10-15(20)22-4/h5,11-13H,1,6-10H2,2-4H3,(H,17,21). The zero-order valence-corrected chi connectivity index (χ0v) is 13.6. The van der Waals surface area contributed by atoms with Crippen LogP contribution in [0.15, 0.2) is 12.7 Å². The molecule has 0 saturated carbocycles. The first-order valence-electron chi connectivity index (χ1n) is 7.67. The van der Waals surface area contributed by atoms with E-state index in [0.717, 1.165) is 0 Å². The minimum atomic E-state index is -0.328. The Morgan fingerprint density at radius 3 is 2.36 bits per heavy atom. The molecule has 1 N–H and O–H groups in total. The third-order valence-electron chi connectivity index (χ3n) is 4.10. The van der Waals surface area contributed by atoms with Crippen molar-refractivity contribution in [3.05, 3.63) is 12.7 Å². The molecule has 0 spiro atoms. The maximum absolute atomic E-state index is 12.3. The summed E-state index contributed by atoms with van der Waals surface area (Å²) < 4.78 is 4.67. The summed E-state index contributed by atoms with van der Waals surface area (Å²) in [4.78, 5) is 37.0. The minimum Gasteiger partial charge on any atom is -0.469 e. The Balaban J connectivity index is 2.52. The molecular formula is C16H26N2O4. The van der Waals surface area contributed by atoms with Crippen LogP contribution in [0, 0.1) is 11.8 Å². The van der Waals surface area contributed by atoms with Gasteiger partial charge >= 0.3 is 5.97 Å². The second-order valence-electron chi connectivity index (χ2n) is 5.94. The molecule has 1 aliphatic heterocycles. The average Bonchev–Trinajstić information content (AvgIpc) is 2.53. The van der Waals surface area contributed by atoms with Gasteiger partial charge in [0.1, 0.15) is 0 Å². The van der Waals surface area contributed by atoms with Gasteiger partial charge in [-0.1, -0.05) is 20.4 Å². The van der Waals surface area contributed by atoms with Gasteiger partial charge < -0.3 is 15.0 Å². The summed E-state index contributed by atoms with van der Waals surface area (Å²) in [6.45, 7) is 8.51. The smallest absolute Gasteiger partial charge is 0.307 e. The van der Waals surface area contributed by atoms with Gasteiger partial charge in [-0.15, -0.1) is 0 Å². The summed E-state index contributed by atoms with van der Waals surface area (Å²) in [5.74, 6) is -0.443. The number of carbonyl (C=O) groups is 3. The zero-order valence-electron chi connectivity index (χ0n) is 13.6. The highest BCUT2D eigenvalue weighted by Gasteiger charge is 2.29. The Morgan fingerprint density at radius 1 is 1.32 bits per heavy atom. The quantitative estimate of drug-likeness (QED) is 0.589. The number of ether oxygens (including phenoxy) is 1. The highest BCUT2D eigenvalue weighted by molar-refractivity contribution is 5.87. The average molecular weight is 310 g/mol. The molecule has 0 aromatic rings. The molecule has 22 heavy (non-hydrogen) atoms. The minimum absolute atomic E-state index is 0.0479. The van der Waals surface area contributed by atoms with Crippen LogP contribution in [0.5, 0.6) is 0 Å². The van der Waals surface area contributed by atoms with E-state index in [0.29, 0.717) is 25.9 Å². The highest BCUT2D eigenvalue weighted by atomic mass is 16.5. The van der Waals surface area contributed by atoms with Crippen LogP contribution in [0.2, 0.25) is 0 Å². The third-order valence-corrected chi connectivity index (χ3v) is 4.10. The van der Waals surface area contributed by atoms with E-state index in [9.17, 15) is 14.4 Å². The van der Waals surface area contributed by atoms with E-state index in [2.05, 4.69) is 16.6 Å². The van der Waals surface area contributed by atoms with Crippen LogP contribution >= 0.6 is 0 Å². The molecular weight excluding hydrogens is 284 g/mol. The van der Waals surface area contributed by atoms with Crippen LogP contribution in [0.3, 0.4) is 0 Å². The van der Waals surface area contributed by atoms with Crippen LogP contribution in [0.25, 0.3) is 0 Å². The molecule has 0 aromatic heterocycles. The maximum Gasteiger partial charge on any atom is 0.307 e. The summed E-state index contributed by atoms with van der Waals surface area (Å²) in [5.41, 5.74) is 0. The molecule has 124 valence electrons. The SMILES string of the molecule is C=CC(=O)N1CCC(C(=O)NC(CC(=O)OC)C(C)C)CC1. The number of nitrogens with one attached hydrogen (secondary N) is 1. The number of amides is 2. The molecule has 0 radical (unpaired) electrons. The predicted molar refractivity (Wildman–Crippen MR) is 82.9 cm³/mol. The highest BCUT2D eigenvalue weighted by Crippen LogP contribution is 2.19. The molecule has 1 fully saturated rings. The number of hydrogen-bond donors (Lipinski definition) is 1. The summed E-state index contributed by atoms with van der Waals surface area (Å²) in [6.07, 6.45) is 2.74. The second kappa shape index (κ2) is 8.56. The maximum atomic E-state index is 12.3. The number of rotatable bonds is 6. The van der Waals surface area contributed by atoms with Crippen molar-refractivity contribution < 1.29 is 19.1 Å². The topological polar surface area (TPSA) is 75.7 Å². The number of likely N-dealkylation sites (tertiary alicyclic amines) is 1. The van der Waals surface area contributed by atoms with Gasteiger partial charge in [0.2, 0.25) is 11.8 Å². The molecule has 6 heteroatoms. The van der Waals surface area contributed by atoms with Gasteiger partial charge in [-0.2, -0.15) is 0 Å². The Hall–Kier alpha value is -1.85. The van der Waals surface area contributed by atoms with Crippen molar-refractivity contribution in [1.82, 2.24) is 10.2 Å². The van der Waals surface area contributed by atoms with Gasteiger partial charge in [0.15, 0.2) is 0 Å². The van der Waals surface area contributed by atoms with E-state index in [1.54, 1.807) is 4.90 Å². The fourth-order valence-corrected chi connectivity index (χ4v) is 2.51. The number of hydrogen-bond acceptors (Lipinski definition) is 4. The van der Waals surface area contributed by atoms with Gasteiger partial charge in [-0.3, -0.25) is 14.4 Å². The lowest BCUT2D eigenvalue weighted by molar-refractivity contribution is -0.142. The number of piperidine rings is 1. The van der Waals surface area contributed by atoms with Crippen LogP contribution in [0.1, 0.15) is 33.1 Å². The molecule has 1 unspecified atom stereocenters. The van der Waals surface area contributed by atoms with E-state index in [4.69, 9.17) is 0 Å². The molecule has 0 aliphatic carbocycles. The van der Waals surface area contributed by atoms with Crippen molar-refractivity contribution in [2.45, 2.75) is 39.2 Å². The number of carbonyl (C=O) groups excluding carboxylic acids is 3. The van der Waals surface area contributed by atoms with Crippen LogP contribution in [-0.2, 0) is 19.1 Å². The van der Waals surface area contributed by atoms with Gasteiger partial charge in [0.05, 0.1) is 13.5 Å². The molecule has 1 rings (SSSR count). The Kier molecular flexibility index (Phi) is 7.08. The molecule has 1 saturated heterocycles. The van der Waals surface area contributed by atoms with Crippen LogP contribution in [-0.4, -0.2) is 48.9 Å². The van der Waals surface area contributed by atoms with E-state index >= 15 is 0 Å². The molecule has 2 amide bonds. The molecule has 1 aliphatic rings. The molecule has 1 atom stereocenters. The van der Waals surface area contributed by atoms with Crippen molar-refractivity contribution in [3.8, 4) is 0 Å². The summed E-state index contributed by atoms with van der Waals surface area (Å²) in [6, 6.07) is -0.229. The Bertz CT molecular complexity index is 426. The Labute approximate surface area is 131 Å². The molecule has 1 heterocycles. The van der Waals surface area contributed by atoms with Gasteiger partial charge in [-0.05, 0) is 24.8 Å².